The van der Waals surface area contributed by atoms with Crippen LogP contribution in [0, 0.1) is 0 Å². The lowest BCUT2D eigenvalue weighted by molar-refractivity contribution is -0.140. The van der Waals surface area contributed by atoms with Crippen LogP contribution in [0.1, 0.15) is 36.5 Å². The highest BCUT2D eigenvalue weighted by Crippen LogP contribution is 2.38. The third-order valence-electron chi connectivity index (χ3n) is 7.50. The van der Waals surface area contributed by atoms with Crippen LogP contribution in [0.2, 0.25) is 5.02 Å². The molecule has 0 heterocycles. The number of hydrogen-bond acceptors (Lipinski definition) is 4. The Morgan fingerprint density at radius 3 is 2.17 bits per heavy atom. The molecule has 0 aliphatic rings. The van der Waals surface area contributed by atoms with Gasteiger partial charge in [0.15, 0.2) is 0 Å². The number of nitrogens with one attached hydrogen (secondary N) is 1. The Hall–Kier alpha value is -3.87. The number of alkyl halides is 3. The number of amides is 2. The molecule has 0 aromatic heterocycles. The molecule has 0 spiro atoms. The van der Waals surface area contributed by atoms with E-state index >= 15 is 0 Å². The van der Waals surface area contributed by atoms with E-state index in [9.17, 15) is 31.2 Å². The van der Waals surface area contributed by atoms with Crippen LogP contribution < -0.4 is 9.62 Å². The second kappa shape index (κ2) is 16.5. The molecule has 7 nitrogen and oxygen atoms in total. The quantitative estimate of drug-likeness (QED) is 0.133. The van der Waals surface area contributed by atoms with Gasteiger partial charge in [-0.3, -0.25) is 13.9 Å². The fourth-order valence-electron chi connectivity index (χ4n) is 5.03. The van der Waals surface area contributed by atoms with Crippen molar-refractivity contribution in [2.75, 3.05) is 17.4 Å². The smallest absolute Gasteiger partial charge is 0.354 e. The predicted octanol–water partition coefficient (Wildman–Crippen LogP) is 7.87. The van der Waals surface area contributed by atoms with Gasteiger partial charge in [-0.05, 0) is 60.0 Å². The van der Waals surface area contributed by atoms with Crippen LogP contribution >= 0.6 is 27.5 Å². The van der Waals surface area contributed by atoms with E-state index in [1.54, 1.807) is 42.5 Å². The SMILES string of the molecule is CCCCNC(=O)[C@H](Cc1ccccc1)N(Cc1cccc(Br)c1)C(=O)CN(c1ccc(Cl)c(C(F)(F)F)c1)S(=O)(=O)c1ccccc1. The van der Waals surface area contributed by atoms with E-state index in [1.807, 2.05) is 25.1 Å². The summed E-state index contributed by atoms with van der Waals surface area (Å²) in [6.07, 6.45) is -3.28. The van der Waals surface area contributed by atoms with E-state index < -0.39 is 56.9 Å². The summed E-state index contributed by atoms with van der Waals surface area (Å²) in [6, 6.07) is 24.8. The van der Waals surface area contributed by atoms with E-state index in [0.29, 0.717) is 33.4 Å². The summed E-state index contributed by atoms with van der Waals surface area (Å²) >= 11 is 9.30. The molecule has 0 saturated carbocycles. The second-order valence-electron chi connectivity index (χ2n) is 11.0. The highest BCUT2D eigenvalue weighted by atomic mass is 79.9. The maximum absolute atomic E-state index is 14.5. The first-order valence-corrected chi connectivity index (χ1v) is 17.7. The summed E-state index contributed by atoms with van der Waals surface area (Å²) in [4.78, 5) is 29.3. The average Bonchev–Trinajstić information content (AvgIpc) is 3.06. The number of sulfonamides is 1. The van der Waals surface area contributed by atoms with Crippen molar-refractivity contribution in [3.8, 4) is 0 Å². The van der Waals surface area contributed by atoms with Crippen molar-refractivity contribution in [3.63, 3.8) is 0 Å². The number of nitrogens with zero attached hydrogens (tertiary/aromatic N) is 2. The summed E-state index contributed by atoms with van der Waals surface area (Å²) < 4.78 is 71.3. The molecule has 1 atom stereocenters. The van der Waals surface area contributed by atoms with Crippen molar-refractivity contribution in [2.24, 2.45) is 0 Å². The highest BCUT2D eigenvalue weighted by molar-refractivity contribution is 9.10. The number of rotatable bonds is 14. The van der Waals surface area contributed by atoms with Crippen LogP contribution in [0.25, 0.3) is 0 Å². The summed E-state index contributed by atoms with van der Waals surface area (Å²) in [5, 5.41) is 2.27. The minimum absolute atomic E-state index is 0.0926. The van der Waals surface area contributed by atoms with Gasteiger partial charge in [0.1, 0.15) is 12.6 Å². The monoisotopic (exact) mass is 763 g/mol. The van der Waals surface area contributed by atoms with Crippen molar-refractivity contribution < 1.29 is 31.2 Å². The van der Waals surface area contributed by atoms with E-state index in [2.05, 4.69) is 21.2 Å². The zero-order valence-corrected chi connectivity index (χ0v) is 29.1. The van der Waals surface area contributed by atoms with Gasteiger partial charge in [0.2, 0.25) is 11.8 Å². The summed E-state index contributed by atoms with van der Waals surface area (Å²) in [6.45, 7) is 1.33. The third-order valence-corrected chi connectivity index (χ3v) is 10.1. The standard InChI is InChI=1S/C35H34BrClF3N3O4S/c1-2-3-19-41-34(45)32(21-25-11-6-4-7-12-25)42(23-26-13-10-14-27(36)20-26)33(44)24-43(48(46,47)29-15-8-5-9-16-29)28-17-18-31(37)30(22-28)35(38,39)40/h4-18,20,22,32H,2-3,19,21,23-24H2,1H3,(H,41,45)/t32-/m0/s1. The second-order valence-corrected chi connectivity index (χ2v) is 14.2. The molecular weight excluding hydrogens is 731 g/mol. The molecule has 0 unspecified atom stereocenters. The van der Waals surface area contributed by atoms with Gasteiger partial charge in [-0.15, -0.1) is 0 Å². The molecule has 254 valence electrons. The lowest BCUT2D eigenvalue weighted by Gasteiger charge is -2.34. The topological polar surface area (TPSA) is 86.8 Å². The average molecular weight is 765 g/mol. The first-order valence-electron chi connectivity index (χ1n) is 15.1. The molecule has 4 aromatic rings. The highest BCUT2D eigenvalue weighted by Gasteiger charge is 2.37. The van der Waals surface area contributed by atoms with Gasteiger partial charge < -0.3 is 10.2 Å². The van der Waals surface area contributed by atoms with Gasteiger partial charge in [-0.1, -0.05) is 102 Å². The van der Waals surface area contributed by atoms with E-state index in [4.69, 9.17) is 11.6 Å². The van der Waals surface area contributed by atoms with E-state index in [1.165, 1.54) is 29.2 Å². The van der Waals surface area contributed by atoms with Crippen molar-refractivity contribution in [1.29, 1.82) is 0 Å². The zero-order chi connectivity index (χ0) is 34.9. The summed E-state index contributed by atoms with van der Waals surface area (Å²) in [7, 11) is -4.59. The fourth-order valence-corrected chi connectivity index (χ4v) is 7.12. The summed E-state index contributed by atoms with van der Waals surface area (Å²) in [5.74, 6) is -1.25. The van der Waals surface area contributed by atoms with Gasteiger partial charge in [-0.2, -0.15) is 13.2 Å². The molecule has 0 fully saturated rings. The van der Waals surface area contributed by atoms with Crippen molar-refractivity contribution in [3.05, 3.63) is 129 Å². The number of carbonyl (C=O) groups excluding carboxylic acids is 2. The first-order chi connectivity index (χ1) is 22.8. The number of anilines is 1. The van der Waals surface area contributed by atoms with E-state index in [0.717, 1.165) is 24.1 Å². The first kappa shape index (κ1) is 37.0. The Morgan fingerprint density at radius 1 is 0.896 bits per heavy atom. The molecule has 0 bridgehead atoms. The van der Waals surface area contributed by atoms with Crippen molar-refractivity contribution in [2.45, 2.75) is 49.8 Å². The molecule has 48 heavy (non-hydrogen) atoms. The minimum Gasteiger partial charge on any atom is -0.354 e. The van der Waals surface area contributed by atoms with Crippen LogP contribution in [0.4, 0.5) is 18.9 Å². The van der Waals surface area contributed by atoms with Gasteiger partial charge in [0, 0.05) is 24.0 Å². The van der Waals surface area contributed by atoms with Gasteiger partial charge >= 0.3 is 6.18 Å². The van der Waals surface area contributed by atoms with Gasteiger partial charge in [-0.25, -0.2) is 8.42 Å². The molecule has 0 saturated heterocycles. The van der Waals surface area contributed by atoms with Crippen molar-refractivity contribution in [1.82, 2.24) is 10.2 Å². The fraction of sp³-hybridized carbons (Fsp3) is 0.257. The number of halogens is 5. The molecule has 0 aliphatic carbocycles. The third kappa shape index (κ3) is 9.61. The number of unbranched alkanes of at least 4 members (excludes halogenated alkanes) is 1. The molecule has 1 N–H and O–H groups in total. The lowest BCUT2D eigenvalue weighted by Crippen LogP contribution is -2.53. The van der Waals surface area contributed by atoms with Crippen LogP contribution in [0.5, 0.6) is 0 Å². The molecule has 0 radical (unpaired) electrons. The Morgan fingerprint density at radius 2 is 1.54 bits per heavy atom. The lowest BCUT2D eigenvalue weighted by atomic mass is 10.0. The normalized spacial score (nSPS) is 12.3. The van der Waals surface area contributed by atoms with Gasteiger partial charge in [0.05, 0.1) is 21.2 Å². The molecule has 2 amide bonds. The van der Waals surface area contributed by atoms with Crippen LogP contribution in [-0.2, 0) is 38.8 Å². The van der Waals surface area contributed by atoms with Crippen LogP contribution in [-0.4, -0.2) is 44.3 Å². The number of hydrogen-bond donors (Lipinski definition) is 1. The van der Waals surface area contributed by atoms with E-state index in [-0.39, 0.29) is 17.9 Å². The maximum Gasteiger partial charge on any atom is 0.417 e. The summed E-state index contributed by atoms with van der Waals surface area (Å²) in [5.41, 5.74) is -0.286. The Bertz CT molecular complexity index is 1810. The van der Waals surface area contributed by atoms with Crippen molar-refractivity contribution >= 4 is 55.1 Å². The maximum atomic E-state index is 14.5. The molecule has 0 aliphatic heterocycles. The predicted molar refractivity (Wildman–Crippen MR) is 184 cm³/mol. The number of carbonyl (C=O) groups is 2. The number of benzene rings is 4. The molecular formula is C35H34BrClF3N3O4S. The zero-order valence-electron chi connectivity index (χ0n) is 26.0. The Kier molecular flexibility index (Phi) is 12.7. The molecule has 13 heteroatoms. The minimum atomic E-state index is -4.90. The molecule has 4 rings (SSSR count). The Balaban J connectivity index is 1.84. The van der Waals surface area contributed by atoms with Crippen LogP contribution in [0.3, 0.4) is 0 Å². The van der Waals surface area contributed by atoms with Crippen LogP contribution in [0.15, 0.2) is 112 Å². The molecule has 4 aromatic carbocycles. The Labute approximate surface area is 291 Å². The largest absolute Gasteiger partial charge is 0.417 e. The van der Waals surface area contributed by atoms with Gasteiger partial charge in [0.25, 0.3) is 10.0 Å².